The number of rotatable bonds is 4. The molecule has 0 saturated heterocycles. The molecule has 1 aromatic carbocycles. The molecule has 0 aliphatic rings. The fourth-order valence-electron chi connectivity index (χ4n) is 1.67. The normalized spacial score (nSPS) is 10.1. The number of hydrogen-bond donors (Lipinski definition) is 2. The smallest absolute Gasteiger partial charge is 0.273 e. The molecule has 0 atom stereocenters. The standard InChI is InChI=1S/C13H11FN4O3/c14-9-5-8(18-4-3-16-7-13(18)21)1-2-10(9)17-12(20)6-11(15)19/h1-5,7H,6H2,(H2,15,19)(H,17,20). The topological polar surface area (TPSA) is 107 Å². The molecular formula is C13H11FN4O3. The van der Waals surface area contributed by atoms with E-state index in [4.69, 9.17) is 5.73 Å². The maximum Gasteiger partial charge on any atom is 0.273 e. The van der Waals surface area contributed by atoms with Crippen molar-refractivity contribution in [2.45, 2.75) is 6.42 Å². The lowest BCUT2D eigenvalue weighted by molar-refractivity contribution is -0.124. The molecule has 0 saturated carbocycles. The van der Waals surface area contributed by atoms with Gasteiger partial charge in [-0.1, -0.05) is 0 Å². The number of nitrogens with zero attached hydrogens (tertiary/aromatic N) is 2. The summed E-state index contributed by atoms with van der Waals surface area (Å²) in [5.41, 5.74) is 4.63. The van der Waals surface area contributed by atoms with Gasteiger partial charge >= 0.3 is 0 Å². The number of carbonyl (C=O) groups is 2. The summed E-state index contributed by atoms with van der Waals surface area (Å²) >= 11 is 0. The quantitative estimate of drug-likeness (QED) is 0.783. The van der Waals surface area contributed by atoms with Crippen molar-refractivity contribution in [2.75, 3.05) is 5.32 Å². The number of carbonyl (C=O) groups excluding carboxylic acids is 2. The number of anilines is 1. The van der Waals surface area contributed by atoms with E-state index in [0.29, 0.717) is 0 Å². The predicted molar refractivity (Wildman–Crippen MR) is 72.2 cm³/mol. The van der Waals surface area contributed by atoms with Crippen LogP contribution in [0.3, 0.4) is 0 Å². The number of amides is 2. The van der Waals surface area contributed by atoms with Gasteiger partial charge in [0, 0.05) is 18.5 Å². The summed E-state index contributed by atoms with van der Waals surface area (Å²) < 4.78 is 15.1. The average Bonchev–Trinajstić information content (AvgIpc) is 2.41. The van der Waals surface area contributed by atoms with E-state index < -0.39 is 29.6 Å². The second kappa shape index (κ2) is 5.95. The summed E-state index contributed by atoms with van der Waals surface area (Å²) in [6.07, 6.45) is 3.34. The zero-order valence-electron chi connectivity index (χ0n) is 10.7. The average molecular weight is 290 g/mol. The number of nitrogens with one attached hydrogen (secondary N) is 1. The summed E-state index contributed by atoms with van der Waals surface area (Å²) in [4.78, 5) is 37.1. The number of aromatic nitrogens is 2. The molecule has 108 valence electrons. The van der Waals surface area contributed by atoms with Crippen LogP contribution in [0.5, 0.6) is 0 Å². The van der Waals surface area contributed by atoms with Crippen LogP contribution in [0.4, 0.5) is 10.1 Å². The van der Waals surface area contributed by atoms with Gasteiger partial charge in [-0.25, -0.2) is 4.39 Å². The largest absolute Gasteiger partial charge is 0.369 e. The van der Waals surface area contributed by atoms with Crippen LogP contribution in [0.15, 0.2) is 41.6 Å². The second-order valence-corrected chi connectivity index (χ2v) is 4.14. The molecule has 0 aliphatic heterocycles. The molecule has 2 aromatic rings. The van der Waals surface area contributed by atoms with Crippen molar-refractivity contribution in [1.29, 1.82) is 0 Å². The van der Waals surface area contributed by atoms with E-state index in [1.165, 1.54) is 29.1 Å². The summed E-state index contributed by atoms with van der Waals surface area (Å²) in [5.74, 6) is -2.27. The lowest BCUT2D eigenvalue weighted by Crippen LogP contribution is -2.22. The predicted octanol–water partition coefficient (Wildman–Crippen LogP) is 0.185. The highest BCUT2D eigenvalue weighted by atomic mass is 19.1. The number of primary amides is 1. The Hall–Kier alpha value is -3.03. The highest BCUT2D eigenvalue weighted by molar-refractivity contribution is 6.03. The summed E-state index contributed by atoms with van der Waals surface area (Å²) in [6.45, 7) is 0. The number of benzene rings is 1. The van der Waals surface area contributed by atoms with Crippen molar-refractivity contribution in [3.05, 3.63) is 53.0 Å². The zero-order chi connectivity index (χ0) is 15.4. The fraction of sp³-hybridized carbons (Fsp3) is 0.0769. The molecule has 0 unspecified atom stereocenters. The first kappa shape index (κ1) is 14.4. The van der Waals surface area contributed by atoms with E-state index in [1.54, 1.807) is 0 Å². The van der Waals surface area contributed by atoms with Crippen molar-refractivity contribution in [2.24, 2.45) is 5.73 Å². The Morgan fingerprint density at radius 3 is 2.76 bits per heavy atom. The third kappa shape index (κ3) is 3.50. The Balaban J connectivity index is 2.26. The summed E-state index contributed by atoms with van der Waals surface area (Å²) in [5, 5.41) is 2.22. The van der Waals surface area contributed by atoms with Crippen LogP contribution in [0.2, 0.25) is 0 Å². The van der Waals surface area contributed by atoms with Crippen LogP contribution < -0.4 is 16.6 Å². The minimum Gasteiger partial charge on any atom is -0.369 e. The molecule has 3 N–H and O–H groups in total. The van der Waals surface area contributed by atoms with Gasteiger partial charge in [-0.05, 0) is 12.1 Å². The van der Waals surface area contributed by atoms with Crippen molar-refractivity contribution in [3.63, 3.8) is 0 Å². The molecule has 8 heteroatoms. The molecule has 0 bridgehead atoms. The van der Waals surface area contributed by atoms with Gasteiger partial charge in [0.25, 0.3) is 5.56 Å². The highest BCUT2D eigenvalue weighted by Crippen LogP contribution is 2.17. The van der Waals surface area contributed by atoms with E-state index in [0.717, 1.165) is 12.3 Å². The van der Waals surface area contributed by atoms with Gasteiger partial charge in [-0.3, -0.25) is 23.9 Å². The Labute approximate surface area is 118 Å². The van der Waals surface area contributed by atoms with Crippen LogP contribution in [0.1, 0.15) is 6.42 Å². The minimum atomic E-state index is -0.812. The van der Waals surface area contributed by atoms with Gasteiger partial charge in [0.1, 0.15) is 12.2 Å². The van der Waals surface area contributed by atoms with Crippen molar-refractivity contribution < 1.29 is 14.0 Å². The third-order valence-electron chi connectivity index (χ3n) is 2.56. The molecule has 0 fully saturated rings. The zero-order valence-corrected chi connectivity index (χ0v) is 10.7. The maximum absolute atomic E-state index is 13.9. The Morgan fingerprint density at radius 1 is 1.38 bits per heavy atom. The van der Waals surface area contributed by atoms with E-state index in [1.807, 2.05) is 0 Å². The van der Waals surface area contributed by atoms with Crippen LogP contribution in [-0.2, 0) is 9.59 Å². The van der Waals surface area contributed by atoms with Crippen molar-refractivity contribution in [3.8, 4) is 5.69 Å². The highest BCUT2D eigenvalue weighted by Gasteiger charge is 2.11. The summed E-state index contributed by atoms with van der Waals surface area (Å²) in [7, 11) is 0. The summed E-state index contributed by atoms with van der Waals surface area (Å²) in [6, 6.07) is 3.82. The van der Waals surface area contributed by atoms with Crippen LogP contribution in [0, 0.1) is 5.82 Å². The first-order valence-electron chi connectivity index (χ1n) is 5.88. The van der Waals surface area contributed by atoms with E-state index in [-0.39, 0.29) is 11.4 Å². The molecule has 21 heavy (non-hydrogen) atoms. The monoisotopic (exact) mass is 290 g/mol. The number of nitrogens with two attached hydrogens (primary N) is 1. The second-order valence-electron chi connectivity index (χ2n) is 4.14. The SMILES string of the molecule is NC(=O)CC(=O)Nc1ccc(-n2ccncc2=O)cc1F. The van der Waals surface area contributed by atoms with Crippen LogP contribution >= 0.6 is 0 Å². The number of hydrogen-bond acceptors (Lipinski definition) is 4. The lowest BCUT2D eigenvalue weighted by atomic mass is 10.2. The maximum atomic E-state index is 13.9. The van der Waals surface area contributed by atoms with E-state index in [9.17, 15) is 18.8 Å². The van der Waals surface area contributed by atoms with Crippen molar-refractivity contribution >= 4 is 17.5 Å². The van der Waals surface area contributed by atoms with E-state index >= 15 is 0 Å². The van der Waals surface area contributed by atoms with Crippen molar-refractivity contribution in [1.82, 2.24) is 9.55 Å². The van der Waals surface area contributed by atoms with Crippen LogP contribution in [0.25, 0.3) is 5.69 Å². The molecule has 2 amide bonds. The molecule has 0 radical (unpaired) electrons. The Kier molecular flexibility index (Phi) is 4.07. The first-order chi connectivity index (χ1) is 9.97. The molecule has 0 spiro atoms. The fourth-order valence-corrected chi connectivity index (χ4v) is 1.67. The van der Waals surface area contributed by atoms with Gasteiger partial charge in [-0.2, -0.15) is 0 Å². The van der Waals surface area contributed by atoms with Gasteiger partial charge in [0.05, 0.1) is 17.6 Å². The Bertz CT molecular complexity index is 757. The first-order valence-corrected chi connectivity index (χ1v) is 5.88. The lowest BCUT2D eigenvalue weighted by Gasteiger charge is -2.09. The molecule has 1 aromatic heterocycles. The third-order valence-corrected chi connectivity index (χ3v) is 2.56. The molecule has 2 rings (SSSR count). The van der Waals surface area contributed by atoms with Gasteiger partial charge in [0.2, 0.25) is 11.8 Å². The van der Waals surface area contributed by atoms with Crippen LogP contribution in [-0.4, -0.2) is 21.4 Å². The molecule has 1 heterocycles. The van der Waals surface area contributed by atoms with E-state index in [2.05, 4.69) is 10.3 Å². The Morgan fingerprint density at radius 2 is 2.14 bits per heavy atom. The van der Waals surface area contributed by atoms with Gasteiger partial charge in [-0.15, -0.1) is 0 Å². The molecule has 0 aliphatic carbocycles. The molecule has 7 nitrogen and oxygen atoms in total. The van der Waals surface area contributed by atoms with Gasteiger partial charge in [0.15, 0.2) is 0 Å². The molecular weight excluding hydrogens is 279 g/mol. The minimum absolute atomic E-state index is 0.105. The number of halogens is 1. The van der Waals surface area contributed by atoms with Gasteiger partial charge < -0.3 is 11.1 Å².